The summed E-state index contributed by atoms with van der Waals surface area (Å²) in [6.07, 6.45) is 2.57. The fourth-order valence-corrected chi connectivity index (χ4v) is 1.57. The summed E-state index contributed by atoms with van der Waals surface area (Å²) in [7, 11) is 3.54. The van der Waals surface area contributed by atoms with Crippen LogP contribution in [0.2, 0.25) is 0 Å². The molecule has 0 unspecified atom stereocenters. The number of hydrogen-bond acceptors (Lipinski definition) is 4. The van der Waals surface area contributed by atoms with Gasteiger partial charge in [-0.15, -0.1) is 0 Å². The van der Waals surface area contributed by atoms with Crippen LogP contribution in [0, 0.1) is 0 Å². The van der Waals surface area contributed by atoms with Crippen molar-refractivity contribution < 1.29 is 9.47 Å². The predicted molar refractivity (Wildman–Crippen MR) is 68.4 cm³/mol. The molecule has 0 amide bonds. The Kier molecular flexibility index (Phi) is 4.30. The average Bonchev–Trinajstić information content (AvgIpc) is 2.82. The highest BCUT2D eigenvalue weighted by Crippen LogP contribution is 2.18. The molecule has 0 bridgehead atoms. The van der Waals surface area contributed by atoms with Gasteiger partial charge in [-0.3, -0.25) is 4.68 Å². The number of hydrogen-bond donors (Lipinski definition) is 0. The van der Waals surface area contributed by atoms with Gasteiger partial charge in [0, 0.05) is 32.7 Å². The van der Waals surface area contributed by atoms with Crippen LogP contribution in [-0.2, 0) is 11.8 Å². The quantitative estimate of drug-likeness (QED) is 0.731. The van der Waals surface area contributed by atoms with Crippen molar-refractivity contribution >= 4 is 0 Å². The summed E-state index contributed by atoms with van der Waals surface area (Å²) in [5.41, 5.74) is 0.986. The van der Waals surface area contributed by atoms with Crippen molar-refractivity contribution in [3.05, 3.63) is 30.6 Å². The maximum atomic E-state index is 5.58. The van der Waals surface area contributed by atoms with E-state index in [1.54, 1.807) is 18.1 Å². The van der Waals surface area contributed by atoms with Gasteiger partial charge in [-0.2, -0.15) is 5.10 Å². The van der Waals surface area contributed by atoms with Gasteiger partial charge in [0.2, 0.25) is 0 Å². The first-order valence-corrected chi connectivity index (χ1v) is 5.87. The molecule has 0 saturated heterocycles. The van der Waals surface area contributed by atoms with Gasteiger partial charge in [-0.1, -0.05) is 0 Å². The highest BCUT2D eigenvalue weighted by molar-refractivity contribution is 5.55. The molecule has 0 atom stereocenters. The second-order valence-electron chi connectivity index (χ2n) is 3.96. The van der Waals surface area contributed by atoms with Crippen LogP contribution < -0.4 is 4.74 Å². The molecule has 1 heterocycles. The van der Waals surface area contributed by atoms with Gasteiger partial charge in [0.05, 0.1) is 6.61 Å². The van der Waals surface area contributed by atoms with E-state index in [0.29, 0.717) is 6.61 Å². The van der Waals surface area contributed by atoms with Crippen molar-refractivity contribution in [2.75, 3.05) is 20.3 Å². The zero-order valence-electron chi connectivity index (χ0n) is 10.7. The minimum atomic E-state index is 0.662. The van der Waals surface area contributed by atoms with Crippen molar-refractivity contribution in [3.63, 3.8) is 0 Å². The third-order valence-corrected chi connectivity index (χ3v) is 2.47. The summed E-state index contributed by atoms with van der Waals surface area (Å²) in [5.74, 6) is 1.58. The monoisotopic (exact) mass is 247 g/mol. The Morgan fingerprint density at radius 1 is 1.17 bits per heavy atom. The van der Waals surface area contributed by atoms with Crippen molar-refractivity contribution in [1.29, 1.82) is 0 Å². The third-order valence-electron chi connectivity index (χ3n) is 2.47. The van der Waals surface area contributed by atoms with Crippen LogP contribution in [-0.4, -0.2) is 35.1 Å². The number of methoxy groups -OCH3 is 1. The van der Waals surface area contributed by atoms with Crippen LogP contribution in [0.3, 0.4) is 0 Å². The maximum absolute atomic E-state index is 5.58. The first kappa shape index (κ1) is 12.6. The Balaban J connectivity index is 1.93. The highest BCUT2D eigenvalue weighted by Gasteiger charge is 2.02. The van der Waals surface area contributed by atoms with Gasteiger partial charge in [0.15, 0.2) is 5.82 Å². The summed E-state index contributed by atoms with van der Waals surface area (Å²) in [5, 5.41) is 4.25. The molecule has 0 saturated carbocycles. The average molecular weight is 247 g/mol. The minimum absolute atomic E-state index is 0.662. The summed E-state index contributed by atoms with van der Waals surface area (Å²) < 4.78 is 12.2. The van der Waals surface area contributed by atoms with E-state index in [2.05, 4.69) is 10.1 Å². The van der Waals surface area contributed by atoms with Gasteiger partial charge >= 0.3 is 0 Å². The van der Waals surface area contributed by atoms with Crippen molar-refractivity contribution in [2.24, 2.45) is 7.05 Å². The van der Waals surface area contributed by atoms with Crippen LogP contribution in [0.1, 0.15) is 6.42 Å². The predicted octanol–water partition coefficient (Wildman–Crippen LogP) is 1.90. The number of aryl methyl sites for hydroxylation is 1. The van der Waals surface area contributed by atoms with E-state index < -0.39 is 0 Å². The molecule has 18 heavy (non-hydrogen) atoms. The molecule has 5 nitrogen and oxygen atoms in total. The van der Waals surface area contributed by atoms with E-state index >= 15 is 0 Å². The highest BCUT2D eigenvalue weighted by atomic mass is 16.5. The molecule has 5 heteroatoms. The molecule has 0 aliphatic carbocycles. The molecule has 1 aromatic heterocycles. The number of ether oxygens (including phenoxy) is 2. The molecule has 0 N–H and O–H groups in total. The van der Waals surface area contributed by atoms with Crippen LogP contribution in [0.15, 0.2) is 30.6 Å². The standard InChI is InChI=1S/C13H17N3O2/c1-16-10-14-13(15-16)11-4-6-12(7-5-11)18-9-3-8-17-2/h4-7,10H,3,8-9H2,1-2H3. The summed E-state index contributed by atoms with van der Waals surface area (Å²) >= 11 is 0. The minimum Gasteiger partial charge on any atom is -0.494 e. The second-order valence-corrected chi connectivity index (χ2v) is 3.96. The molecular formula is C13H17N3O2. The first-order valence-electron chi connectivity index (χ1n) is 5.87. The largest absolute Gasteiger partial charge is 0.494 e. The van der Waals surface area contributed by atoms with Crippen molar-refractivity contribution in [3.8, 4) is 17.1 Å². The molecule has 0 aliphatic heterocycles. The van der Waals surface area contributed by atoms with Gasteiger partial charge in [0.1, 0.15) is 12.1 Å². The van der Waals surface area contributed by atoms with E-state index in [9.17, 15) is 0 Å². The Morgan fingerprint density at radius 3 is 2.56 bits per heavy atom. The van der Waals surface area contributed by atoms with E-state index in [4.69, 9.17) is 9.47 Å². The lowest BCUT2D eigenvalue weighted by Crippen LogP contribution is -2.01. The molecule has 1 aromatic carbocycles. The SMILES string of the molecule is COCCCOc1ccc(-c2ncn(C)n2)cc1. The van der Waals surface area contributed by atoms with E-state index in [0.717, 1.165) is 30.2 Å². The molecule has 0 radical (unpaired) electrons. The van der Waals surface area contributed by atoms with Crippen LogP contribution in [0.4, 0.5) is 0 Å². The van der Waals surface area contributed by atoms with Gasteiger partial charge in [-0.25, -0.2) is 4.98 Å². The topological polar surface area (TPSA) is 49.2 Å². The Bertz CT molecular complexity index is 479. The molecule has 96 valence electrons. The lowest BCUT2D eigenvalue weighted by molar-refractivity contribution is 0.172. The van der Waals surface area contributed by atoms with Gasteiger partial charge < -0.3 is 9.47 Å². The Labute approximate surface area is 106 Å². The van der Waals surface area contributed by atoms with E-state index in [-0.39, 0.29) is 0 Å². The zero-order chi connectivity index (χ0) is 12.8. The number of benzene rings is 1. The lowest BCUT2D eigenvalue weighted by Gasteiger charge is -2.05. The number of nitrogens with zero attached hydrogens (tertiary/aromatic N) is 3. The Morgan fingerprint density at radius 2 is 1.94 bits per heavy atom. The molecule has 0 fully saturated rings. The van der Waals surface area contributed by atoms with E-state index in [1.807, 2.05) is 31.3 Å². The molecule has 2 rings (SSSR count). The summed E-state index contributed by atoms with van der Waals surface area (Å²) in [4.78, 5) is 4.20. The normalized spacial score (nSPS) is 10.6. The Hall–Kier alpha value is -1.88. The molecule has 2 aromatic rings. The molecule has 0 aliphatic rings. The number of rotatable bonds is 6. The molecular weight excluding hydrogens is 230 g/mol. The van der Waals surface area contributed by atoms with Crippen molar-refractivity contribution in [2.45, 2.75) is 6.42 Å². The fraction of sp³-hybridized carbons (Fsp3) is 0.385. The van der Waals surface area contributed by atoms with Crippen molar-refractivity contribution in [1.82, 2.24) is 14.8 Å². The van der Waals surface area contributed by atoms with Crippen LogP contribution in [0.25, 0.3) is 11.4 Å². The zero-order valence-corrected chi connectivity index (χ0v) is 10.7. The van der Waals surface area contributed by atoms with Gasteiger partial charge in [-0.05, 0) is 24.3 Å². The van der Waals surface area contributed by atoms with Crippen LogP contribution in [0.5, 0.6) is 5.75 Å². The van der Waals surface area contributed by atoms with E-state index in [1.165, 1.54) is 0 Å². The first-order chi connectivity index (χ1) is 8.79. The smallest absolute Gasteiger partial charge is 0.181 e. The maximum Gasteiger partial charge on any atom is 0.181 e. The summed E-state index contributed by atoms with van der Waals surface area (Å²) in [6.45, 7) is 1.38. The van der Waals surface area contributed by atoms with Gasteiger partial charge in [0.25, 0.3) is 0 Å². The lowest BCUT2D eigenvalue weighted by atomic mass is 10.2. The number of aromatic nitrogens is 3. The third kappa shape index (κ3) is 3.30. The van der Waals surface area contributed by atoms with Crippen LogP contribution >= 0.6 is 0 Å². The second kappa shape index (κ2) is 6.16. The fourth-order valence-electron chi connectivity index (χ4n) is 1.57. The summed E-state index contributed by atoms with van der Waals surface area (Å²) in [6, 6.07) is 7.78. The molecule has 0 spiro atoms.